The van der Waals surface area contributed by atoms with Crippen molar-refractivity contribution in [3.8, 4) is 0 Å². The molecular formula is C12H18N2O3. The molecule has 1 fully saturated rings. The van der Waals surface area contributed by atoms with Gasteiger partial charge in [0.15, 0.2) is 0 Å². The molecule has 1 saturated carbocycles. The Hall–Kier alpha value is -1.36. The van der Waals surface area contributed by atoms with Gasteiger partial charge in [0, 0.05) is 0 Å². The fraction of sp³-hybridized carbons (Fsp3) is 0.667. The second kappa shape index (κ2) is 4.49. The molecule has 2 rings (SSSR count). The van der Waals surface area contributed by atoms with Gasteiger partial charge >= 0.3 is 0 Å². The Morgan fingerprint density at radius 3 is 2.59 bits per heavy atom. The molecule has 1 aliphatic rings. The highest BCUT2D eigenvalue weighted by Gasteiger charge is 2.35. The zero-order chi connectivity index (χ0) is 12.5. The van der Waals surface area contributed by atoms with Crippen LogP contribution in [0, 0.1) is 13.8 Å². The van der Waals surface area contributed by atoms with E-state index in [0.29, 0.717) is 17.0 Å². The molecule has 1 aliphatic carbocycles. The summed E-state index contributed by atoms with van der Waals surface area (Å²) in [7, 11) is 0. The number of aryl methyl sites for hydroxylation is 2. The molecule has 0 spiro atoms. The van der Waals surface area contributed by atoms with Crippen LogP contribution in [0.1, 0.15) is 47.5 Å². The zero-order valence-electron chi connectivity index (χ0n) is 10.2. The van der Waals surface area contributed by atoms with Crippen molar-refractivity contribution >= 4 is 5.91 Å². The predicted molar refractivity (Wildman–Crippen MR) is 61.7 cm³/mol. The van der Waals surface area contributed by atoms with Crippen LogP contribution < -0.4 is 5.32 Å². The van der Waals surface area contributed by atoms with Gasteiger partial charge in [-0.1, -0.05) is 18.0 Å². The first-order valence-corrected chi connectivity index (χ1v) is 5.94. The first-order valence-electron chi connectivity index (χ1n) is 5.94. The second-order valence-corrected chi connectivity index (χ2v) is 4.80. The molecule has 5 heteroatoms. The molecule has 17 heavy (non-hydrogen) atoms. The quantitative estimate of drug-likeness (QED) is 0.833. The average Bonchev–Trinajstić information content (AvgIpc) is 2.87. The fourth-order valence-electron chi connectivity index (χ4n) is 2.48. The highest BCUT2D eigenvalue weighted by atomic mass is 16.5. The van der Waals surface area contributed by atoms with Crippen LogP contribution in [-0.4, -0.2) is 28.3 Å². The van der Waals surface area contributed by atoms with Gasteiger partial charge in [-0.3, -0.25) is 4.79 Å². The minimum Gasteiger partial charge on any atom is -0.394 e. The third kappa shape index (κ3) is 2.20. The minimum atomic E-state index is -0.451. The second-order valence-electron chi connectivity index (χ2n) is 4.80. The Bertz CT molecular complexity index is 400. The van der Waals surface area contributed by atoms with E-state index in [1.54, 1.807) is 13.8 Å². The van der Waals surface area contributed by atoms with E-state index in [1.165, 1.54) is 0 Å². The Kier molecular flexibility index (Phi) is 3.19. The van der Waals surface area contributed by atoms with Gasteiger partial charge in [0.2, 0.25) is 0 Å². The van der Waals surface area contributed by atoms with Crippen LogP contribution >= 0.6 is 0 Å². The summed E-state index contributed by atoms with van der Waals surface area (Å²) in [6.07, 6.45) is 3.75. The Labute approximate surface area is 100 Å². The molecule has 2 N–H and O–H groups in total. The SMILES string of the molecule is Cc1noc(C)c1C(=O)NC1(CO)CCCC1. The maximum Gasteiger partial charge on any atom is 0.257 e. The average molecular weight is 238 g/mol. The number of carbonyl (C=O) groups is 1. The molecule has 1 amide bonds. The van der Waals surface area contributed by atoms with E-state index in [4.69, 9.17) is 4.52 Å². The van der Waals surface area contributed by atoms with E-state index in [0.717, 1.165) is 25.7 Å². The van der Waals surface area contributed by atoms with E-state index in [2.05, 4.69) is 10.5 Å². The van der Waals surface area contributed by atoms with Gasteiger partial charge in [-0.15, -0.1) is 0 Å². The number of amides is 1. The molecule has 5 nitrogen and oxygen atoms in total. The lowest BCUT2D eigenvalue weighted by Gasteiger charge is -2.27. The summed E-state index contributed by atoms with van der Waals surface area (Å²) in [4.78, 5) is 12.1. The maximum absolute atomic E-state index is 12.1. The first kappa shape index (κ1) is 12.1. The third-order valence-corrected chi connectivity index (χ3v) is 3.50. The van der Waals surface area contributed by atoms with Gasteiger partial charge in [0.25, 0.3) is 5.91 Å². The summed E-state index contributed by atoms with van der Waals surface area (Å²) in [5.41, 5.74) is 0.628. The van der Waals surface area contributed by atoms with Crippen LogP contribution in [0.3, 0.4) is 0 Å². The lowest BCUT2D eigenvalue weighted by atomic mass is 9.98. The van der Waals surface area contributed by atoms with Crippen molar-refractivity contribution in [1.29, 1.82) is 0 Å². The largest absolute Gasteiger partial charge is 0.394 e. The van der Waals surface area contributed by atoms with Gasteiger partial charge in [-0.2, -0.15) is 0 Å². The van der Waals surface area contributed by atoms with Crippen molar-refractivity contribution in [3.63, 3.8) is 0 Å². The molecule has 0 radical (unpaired) electrons. The van der Waals surface area contributed by atoms with Crippen LogP contribution in [0.5, 0.6) is 0 Å². The number of aliphatic hydroxyl groups is 1. The Balaban J connectivity index is 2.16. The van der Waals surface area contributed by atoms with E-state index in [-0.39, 0.29) is 12.5 Å². The third-order valence-electron chi connectivity index (χ3n) is 3.50. The van der Waals surface area contributed by atoms with Crippen molar-refractivity contribution in [2.75, 3.05) is 6.61 Å². The molecule has 0 aromatic carbocycles. The molecule has 1 aromatic heterocycles. The van der Waals surface area contributed by atoms with Crippen molar-refractivity contribution in [2.24, 2.45) is 0 Å². The lowest BCUT2D eigenvalue weighted by Crippen LogP contribution is -2.49. The van der Waals surface area contributed by atoms with E-state index in [9.17, 15) is 9.90 Å². The fourth-order valence-corrected chi connectivity index (χ4v) is 2.48. The number of aromatic nitrogens is 1. The lowest BCUT2D eigenvalue weighted by molar-refractivity contribution is 0.0836. The molecule has 0 saturated heterocycles. The number of nitrogens with one attached hydrogen (secondary N) is 1. The molecular weight excluding hydrogens is 220 g/mol. The van der Waals surface area contributed by atoms with Crippen molar-refractivity contribution in [3.05, 3.63) is 17.0 Å². The summed E-state index contributed by atoms with van der Waals surface area (Å²) in [6, 6.07) is 0. The number of hydrogen-bond donors (Lipinski definition) is 2. The molecule has 1 aromatic rings. The molecule has 0 unspecified atom stereocenters. The normalized spacial score (nSPS) is 18.3. The van der Waals surface area contributed by atoms with Crippen LogP contribution in [0.2, 0.25) is 0 Å². The van der Waals surface area contributed by atoms with Crippen LogP contribution in [-0.2, 0) is 0 Å². The van der Waals surface area contributed by atoms with Crippen LogP contribution in [0.4, 0.5) is 0 Å². The number of rotatable bonds is 3. The number of carbonyl (C=O) groups excluding carboxylic acids is 1. The Morgan fingerprint density at radius 2 is 2.12 bits per heavy atom. The van der Waals surface area contributed by atoms with E-state index >= 15 is 0 Å². The topological polar surface area (TPSA) is 75.4 Å². The number of hydrogen-bond acceptors (Lipinski definition) is 4. The molecule has 1 heterocycles. The van der Waals surface area contributed by atoms with Crippen molar-refractivity contribution < 1.29 is 14.4 Å². The monoisotopic (exact) mass is 238 g/mol. The van der Waals surface area contributed by atoms with E-state index in [1.807, 2.05) is 0 Å². The highest BCUT2D eigenvalue weighted by molar-refractivity contribution is 5.96. The van der Waals surface area contributed by atoms with Gasteiger partial charge < -0.3 is 14.9 Å². The summed E-state index contributed by atoms with van der Waals surface area (Å²) in [6.45, 7) is 3.45. The highest BCUT2D eigenvalue weighted by Crippen LogP contribution is 2.29. The van der Waals surface area contributed by atoms with Crippen molar-refractivity contribution in [1.82, 2.24) is 10.5 Å². The number of nitrogens with zero attached hydrogens (tertiary/aromatic N) is 1. The standard InChI is InChI=1S/C12H18N2O3/c1-8-10(9(2)17-14-8)11(16)13-12(7-15)5-3-4-6-12/h15H,3-7H2,1-2H3,(H,13,16). The van der Waals surface area contributed by atoms with E-state index < -0.39 is 5.54 Å². The van der Waals surface area contributed by atoms with Crippen molar-refractivity contribution in [2.45, 2.75) is 45.1 Å². The molecule has 94 valence electrons. The van der Waals surface area contributed by atoms with Gasteiger partial charge in [-0.05, 0) is 26.7 Å². The summed E-state index contributed by atoms with van der Waals surface area (Å²) < 4.78 is 4.97. The number of aliphatic hydroxyl groups excluding tert-OH is 1. The van der Waals surface area contributed by atoms with Crippen LogP contribution in [0.25, 0.3) is 0 Å². The predicted octanol–water partition coefficient (Wildman–Crippen LogP) is 1.33. The molecule has 0 bridgehead atoms. The Morgan fingerprint density at radius 1 is 1.47 bits per heavy atom. The van der Waals surface area contributed by atoms with Gasteiger partial charge in [0.1, 0.15) is 11.3 Å². The molecule has 0 aliphatic heterocycles. The zero-order valence-corrected chi connectivity index (χ0v) is 10.2. The smallest absolute Gasteiger partial charge is 0.257 e. The summed E-state index contributed by atoms with van der Waals surface area (Å²) in [5.74, 6) is 0.322. The molecule has 0 atom stereocenters. The van der Waals surface area contributed by atoms with Crippen LogP contribution in [0.15, 0.2) is 4.52 Å². The summed E-state index contributed by atoms with van der Waals surface area (Å²) >= 11 is 0. The minimum absolute atomic E-state index is 0.0118. The first-order chi connectivity index (χ1) is 8.08. The van der Waals surface area contributed by atoms with Gasteiger partial charge in [-0.25, -0.2) is 0 Å². The summed E-state index contributed by atoms with van der Waals surface area (Å²) in [5, 5.41) is 16.1. The van der Waals surface area contributed by atoms with Gasteiger partial charge in [0.05, 0.1) is 17.8 Å². The maximum atomic E-state index is 12.1.